The Labute approximate surface area is 148 Å². The lowest BCUT2D eigenvalue weighted by Gasteiger charge is -2.05. The number of thioether (sulfide) groups is 1. The van der Waals surface area contributed by atoms with Crippen LogP contribution >= 0.6 is 23.3 Å². The minimum absolute atomic E-state index is 0.0591. The van der Waals surface area contributed by atoms with E-state index in [4.69, 9.17) is 4.74 Å². The van der Waals surface area contributed by atoms with Crippen molar-refractivity contribution in [1.82, 2.24) is 9.59 Å². The molecule has 0 aliphatic rings. The van der Waals surface area contributed by atoms with Gasteiger partial charge < -0.3 is 10.1 Å². The van der Waals surface area contributed by atoms with Crippen molar-refractivity contribution >= 4 is 34.9 Å². The van der Waals surface area contributed by atoms with E-state index in [1.165, 1.54) is 23.3 Å². The maximum absolute atomic E-state index is 12.1. The van der Waals surface area contributed by atoms with Crippen molar-refractivity contribution in [2.45, 2.75) is 4.21 Å². The van der Waals surface area contributed by atoms with E-state index in [9.17, 15) is 4.79 Å². The van der Waals surface area contributed by atoms with E-state index in [1.54, 1.807) is 7.11 Å². The molecule has 1 amide bonds. The molecule has 1 heterocycles. The average Bonchev–Trinajstić information content (AvgIpc) is 3.09. The zero-order chi connectivity index (χ0) is 16.8. The predicted octanol–water partition coefficient (Wildman–Crippen LogP) is 3.94. The first kappa shape index (κ1) is 16.5. The first-order valence-electron chi connectivity index (χ1n) is 7.21. The number of carbonyl (C=O) groups excluding carboxylic acids is 1. The van der Waals surface area contributed by atoms with Crippen molar-refractivity contribution in [1.29, 1.82) is 0 Å². The molecule has 0 unspecified atom stereocenters. The average molecular weight is 357 g/mol. The Morgan fingerprint density at radius 1 is 1.21 bits per heavy atom. The van der Waals surface area contributed by atoms with Gasteiger partial charge in [0.05, 0.1) is 12.9 Å². The third-order valence-corrected chi connectivity index (χ3v) is 5.15. The largest absolute Gasteiger partial charge is 0.497 e. The van der Waals surface area contributed by atoms with Gasteiger partial charge in [0.1, 0.15) is 15.7 Å². The second kappa shape index (κ2) is 7.94. The molecule has 2 aromatic carbocycles. The van der Waals surface area contributed by atoms with Crippen molar-refractivity contribution in [2.75, 3.05) is 18.2 Å². The highest BCUT2D eigenvalue weighted by molar-refractivity contribution is 8.01. The molecule has 0 saturated carbocycles. The summed E-state index contributed by atoms with van der Waals surface area (Å²) in [5, 5.41) is 7.05. The molecule has 1 aromatic heterocycles. The van der Waals surface area contributed by atoms with Crippen molar-refractivity contribution in [3.05, 3.63) is 54.6 Å². The van der Waals surface area contributed by atoms with Crippen molar-refractivity contribution in [3.8, 4) is 17.0 Å². The number of ether oxygens (including phenoxy) is 1. The molecule has 7 heteroatoms. The Bertz CT molecular complexity index is 821. The Hall–Kier alpha value is -2.38. The maximum atomic E-state index is 12.1. The molecule has 122 valence electrons. The van der Waals surface area contributed by atoms with Crippen molar-refractivity contribution < 1.29 is 9.53 Å². The van der Waals surface area contributed by atoms with Gasteiger partial charge in [-0.3, -0.25) is 4.79 Å². The summed E-state index contributed by atoms with van der Waals surface area (Å²) in [5.74, 6) is 1.00. The van der Waals surface area contributed by atoms with Crippen molar-refractivity contribution in [2.24, 2.45) is 0 Å². The Morgan fingerprint density at radius 3 is 2.83 bits per heavy atom. The Morgan fingerprint density at radius 2 is 2.04 bits per heavy atom. The SMILES string of the molecule is COc1cccc(-c2nnsc2SCC(=O)Nc2ccccc2)c1. The number of amides is 1. The van der Waals surface area contributed by atoms with Gasteiger partial charge in [0.2, 0.25) is 5.91 Å². The maximum Gasteiger partial charge on any atom is 0.234 e. The molecule has 0 saturated heterocycles. The Balaban J connectivity index is 1.66. The molecule has 3 aromatic rings. The van der Waals surface area contributed by atoms with E-state index >= 15 is 0 Å². The van der Waals surface area contributed by atoms with Crippen LogP contribution in [-0.4, -0.2) is 28.4 Å². The van der Waals surface area contributed by atoms with Crippen LogP contribution in [0.3, 0.4) is 0 Å². The lowest BCUT2D eigenvalue weighted by Crippen LogP contribution is -2.13. The summed E-state index contributed by atoms with van der Waals surface area (Å²) < 4.78 is 10.2. The van der Waals surface area contributed by atoms with Crippen LogP contribution in [0.2, 0.25) is 0 Å². The van der Waals surface area contributed by atoms with Crippen LogP contribution in [0.25, 0.3) is 11.3 Å². The van der Waals surface area contributed by atoms with Crippen molar-refractivity contribution in [3.63, 3.8) is 0 Å². The quantitative estimate of drug-likeness (QED) is 0.677. The fourth-order valence-electron chi connectivity index (χ4n) is 2.07. The first-order chi connectivity index (χ1) is 11.8. The number of para-hydroxylation sites is 1. The first-order valence-corrected chi connectivity index (χ1v) is 8.96. The van der Waals surface area contributed by atoms with Gasteiger partial charge in [0.15, 0.2) is 0 Å². The molecule has 5 nitrogen and oxygen atoms in total. The van der Waals surface area contributed by atoms with Crippen LogP contribution in [0.4, 0.5) is 5.69 Å². The number of anilines is 1. The summed E-state index contributed by atoms with van der Waals surface area (Å²) in [5.41, 5.74) is 2.49. The summed E-state index contributed by atoms with van der Waals surface area (Å²) in [6, 6.07) is 17.0. The van der Waals surface area contributed by atoms with Gasteiger partial charge in [-0.05, 0) is 35.8 Å². The van der Waals surface area contributed by atoms with E-state index in [0.717, 1.165) is 26.9 Å². The molecule has 1 N–H and O–H groups in total. The molecule has 0 aliphatic heterocycles. The van der Waals surface area contributed by atoms with E-state index in [0.29, 0.717) is 5.75 Å². The topological polar surface area (TPSA) is 64.1 Å². The summed E-state index contributed by atoms with van der Waals surface area (Å²) in [7, 11) is 1.63. The number of aromatic nitrogens is 2. The van der Waals surface area contributed by atoms with Gasteiger partial charge in [-0.2, -0.15) is 0 Å². The van der Waals surface area contributed by atoms with E-state index in [2.05, 4.69) is 14.9 Å². The number of hydrogen-bond acceptors (Lipinski definition) is 6. The molecular weight excluding hydrogens is 342 g/mol. The zero-order valence-corrected chi connectivity index (χ0v) is 14.6. The molecule has 0 radical (unpaired) electrons. The zero-order valence-electron chi connectivity index (χ0n) is 12.9. The van der Waals surface area contributed by atoms with Crippen LogP contribution in [0, 0.1) is 0 Å². The molecule has 0 fully saturated rings. The smallest absolute Gasteiger partial charge is 0.234 e. The van der Waals surface area contributed by atoms with E-state index in [1.807, 2.05) is 54.6 Å². The molecule has 0 bridgehead atoms. The monoisotopic (exact) mass is 357 g/mol. The molecule has 0 spiro atoms. The summed E-state index contributed by atoms with van der Waals surface area (Å²) >= 11 is 2.72. The molecule has 3 rings (SSSR count). The lowest BCUT2D eigenvalue weighted by atomic mass is 10.2. The second-order valence-corrected chi connectivity index (χ2v) is 6.84. The van der Waals surface area contributed by atoms with E-state index in [-0.39, 0.29) is 5.91 Å². The fourth-order valence-corrected chi connectivity index (χ4v) is 3.63. The number of hydrogen-bond donors (Lipinski definition) is 1. The van der Waals surface area contributed by atoms with Crippen LogP contribution in [-0.2, 0) is 4.79 Å². The van der Waals surface area contributed by atoms with Gasteiger partial charge in [0.25, 0.3) is 0 Å². The highest BCUT2D eigenvalue weighted by Crippen LogP contribution is 2.33. The highest BCUT2D eigenvalue weighted by Gasteiger charge is 2.13. The van der Waals surface area contributed by atoms with Gasteiger partial charge in [-0.15, -0.1) is 16.9 Å². The predicted molar refractivity (Wildman–Crippen MR) is 97.7 cm³/mol. The Kier molecular flexibility index (Phi) is 5.45. The lowest BCUT2D eigenvalue weighted by molar-refractivity contribution is -0.113. The number of rotatable bonds is 6. The number of benzene rings is 2. The van der Waals surface area contributed by atoms with Crippen LogP contribution in [0.5, 0.6) is 5.75 Å². The van der Waals surface area contributed by atoms with Gasteiger partial charge in [-0.25, -0.2) is 0 Å². The molecule has 24 heavy (non-hydrogen) atoms. The van der Waals surface area contributed by atoms with Crippen LogP contribution in [0.1, 0.15) is 0 Å². The van der Waals surface area contributed by atoms with Crippen LogP contribution in [0.15, 0.2) is 58.8 Å². The summed E-state index contributed by atoms with van der Waals surface area (Å²) in [4.78, 5) is 12.1. The van der Waals surface area contributed by atoms with Gasteiger partial charge in [-0.1, -0.05) is 34.8 Å². The highest BCUT2D eigenvalue weighted by atomic mass is 32.2. The number of carbonyl (C=O) groups is 1. The van der Waals surface area contributed by atoms with E-state index < -0.39 is 0 Å². The second-order valence-electron chi connectivity index (χ2n) is 4.84. The number of nitrogens with zero attached hydrogens (tertiary/aromatic N) is 2. The minimum atomic E-state index is -0.0591. The van der Waals surface area contributed by atoms with Crippen LogP contribution < -0.4 is 10.1 Å². The normalized spacial score (nSPS) is 10.4. The summed E-state index contributed by atoms with van der Waals surface area (Å²) in [6.07, 6.45) is 0. The third-order valence-electron chi connectivity index (χ3n) is 3.19. The van der Waals surface area contributed by atoms with Gasteiger partial charge >= 0.3 is 0 Å². The third kappa shape index (κ3) is 4.12. The van der Waals surface area contributed by atoms with Gasteiger partial charge in [0, 0.05) is 11.3 Å². The fraction of sp³-hybridized carbons (Fsp3) is 0.118. The number of methoxy groups -OCH3 is 1. The molecule has 0 atom stereocenters. The minimum Gasteiger partial charge on any atom is -0.497 e. The molecular formula is C17H15N3O2S2. The summed E-state index contributed by atoms with van der Waals surface area (Å²) in [6.45, 7) is 0. The molecule has 0 aliphatic carbocycles. The standard InChI is InChI=1S/C17H15N3O2S2/c1-22-14-9-5-6-12(10-14)16-17(24-20-19-16)23-11-15(21)18-13-7-3-2-4-8-13/h2-10H,11H2,1H3,(H,18,21). The number of nitrogens with one attached hydrogen (secondary N) is 1.